The lowest BCUT2D eigenvalue weighted by molar-refractivity contribution is 0.171. The van der Waals surface area contributed by atoms with Gasteiger partial charge in [0.15, 0.2) is 0 Å². The molecule has 22 heavy (non-hydrogen) atoms. The van der Waals surface area contributed by atoms with Gasteiger partial charge in [0, 0.05) is 0 Å². The van der Waals surface area contributed by atoms with Crippen molar-refractivity contribution in [2.75, 3.05) is 0 Å². The van der Waals surface area contributed by atoms with E-state index in [0.29, 0.717) is 0 Å². The van der Waals surface area contributed by atoms with Crippen molar-refractivity contribution in [3.8, 4) is 0 Å². The molecular formula is C22H32. The molecule has 0 spiro atoms. The van der Waals surface area contributed by atoms with E-state index >= 15 is 0 Å². The molecule has 0 N–H and O–H groups in total. The van der Waals surface area contributed by atoms with Gasteiger partial charge in [-0.05, 0) is 92.6 Å². The van der Waals surface area contributed by atoms with Crippen LogP contribution in [-0.2, 0) is 6.42 Å². The Bertz CT molecular complexity index is 453. The van der Waals surface area contributed by atoms with Crippen LogP contribution in [0.25, 0.3) is 0 Å². The number of hydrogen-bond acceptors (Lipinski definition) is 0. The van der Waals surface area contributed by atoms with Crippen LogP contribution in [0.2, 0.25) is 0 Å². The molecule has 0 bridgehead atoms. The first-order chi connectivity index (χ1) is 10.8. The van der Waals surface area contributed by atoms with Gasteiger partial charge in [0.1, 0.15) is 0 Å². The molecular weight excluding hydrogens is 264 g/mol. The van der Waals surface area contributed by atoms with Crippen LogP contribution >= 0.6 is 0 Å². The topological polar surface area (TPSA) is 0 Å². The minimum absolute atomic E-state index is 0.810. The molecule has 2 saturated carbocycles. The summed E-state index contributed by atoms with van der Waals surface area (Å²) >= 11 is 0. The highest BCUT2D eigenvalue weighted by Gasteiger charge is 2.30. The van der Waals surface area contributed by atoms with Gasteiger partial charge in [0.05, 0.1) is 0 Å². The van der Waals surface area contributed by atoms with Gasteiger partial charge in [-0.1, -0.05) is 37.3 Å². The second-order valence-corrected chi connectivity index (χ2v) is 7.62. The number of hydrogen-bond donors (Lipinski definition) is 0. The largest absolute Gasteiger partial charge is 0.103 e. The first-order valence-electron chi connectivity index (χ1n) is 9.51. The zero-order valence-corrected chi connectivity index (χ0v) is 14.3. The second-order valence-electron chi connectivity index (χ2n) is 7.62. The van der Waals surface area contributed by atoms with E-state index in [1.54, 1.807) is 5.56 Å². The van der Waals surface area contributed by atoms with Gasteiger partial charge in [-0.25, -0.2) is 0 Å². The summed E-state index contributed by atoms with van der Waals surface area (Å²) in [7, 11) is 0. The predicted octanol–water partition coefficient (Wildman–Crippen LogP) is 6.52. The summed E-state index contributed by atoms with van der Waals surface area (Å²) in [4.78, 5) is 0. The lowest BCUT2D eigenvalue weighted by Crippen LogP contribution is -2.25. The van der Waals surface area contributed by atoms with E-state index in [4.69, 9.17) is 0 Å². The normalized spacial score (nSPS) is 32.6. The van der Waals surface area contributed by atoms with E-state index in [0.717, 1.165) is 30.1 Å². The quantitative estimate of drug-likeness (QED) is 0.555. The van der Waals surface area contributed by atoms with Gasteiger partial charge in [-0.2, -0.15) is 0 Å². The third kappa shape index (κ3) is 3.65. The molecule has 0 aromatic heterocycles. The third-order valence-electron chi connectivity index (χ3n) is 6.45. The summed E-state index contributed by atoms with van der Waals surface area (Å²) in [5, 5.41) is 0. The zero-order valence-electron chi connectivity index (χ0n) is 14.3. The molecule has 3 rings (SSSR count). The van der Waals surface area contributed by atoms with Crippen molar-refractivity contribution in [1.29, 1.82) is 0 Å². The van der Waals surface area contributed by atoms with Crippen molar-refractivity contribution in [2.45, 2.75) is 70.6 Å². The summed E-state index contributed by atoms with van der Waals surface area (Å²) in [5.74, 6) is 3.66. The van der Waals surface area contributed by atoms with Gasteiger partial charge in [0.2, 0.25) is 0 Å². The summed E-state index contributed by atoms with van der Waals surface area (Å²) in [5.41, 5.74) is 3.06. The van der Waals surface area contributed by atoms with Crippen LogP contribution < -0.4 is 0 Å². The fourth-order valence-electron chi connectivity index (χ4n) is 4.80. The minimum Gasteiger partial charge on any atom is -0.103 e. The van der Waals surface area contributed by atoms with Crippen LogP contribution in [0.3, 0.4) is 0 Å². The molecule has 2 aliphatic rings. The minimum atomic E-state index is 0.810. The molecule has 0 radical (unpaired) electrons. The summed E-state index contributed by atoms with van der Waals surface area (Å²) in [6, 6.07) is 9.44. The van der Waals surface area contributed by atoms with E-state index in [9.17, 15) is 0 Å². The van der Waals surface area contributed by atoms with Gasteiger partial charge in [-0.15, -0.1) is 6.58 Å². The molecule has 2 aliphatic carbocycles. The lowest BCUT2D eigenvalue weighted by Gasteiger charge is -2.37. The fourth-order valence-corrected chi connectivity index (χ4v) is 4.80. The van der Waals surface area contributed by atoms with Crippen LogP contribution in [0.15, 0.2) is 36.9 Å². The Morgan fingerprint density at radius 1 is 0.864 bits per heavy atom. The zero-order chi connectivity index (χ0) is 15.4. The standard InChI is InChI=1S/C22H32/c1-3-17-5-9-19(10-6-17)21-13-15-22(16-14-21)20-11-7-18(4-2)8-12-20/h3,7-8,11-12,17,19,21-22H,1,4-6,9-10,13-16H2,2H3. The van der Waals surface area contributed by atoms with Crippen molar-refractivity contribution in [1.82, 2.24) is 0 Å². The Kier molecular flexibility index (Phi) is 5.39. The van der Waals surface area contributed by atoms with Crippen molar-refractivity contribution in [3.63, 3.8) is 0 Å². The summed E-state index contributed by atoms with van der Waals surface area (Å²) < 4.78 is 0. The van der Waals surface area contributed by atoms with Gasteiger partial charge in [-0.3, -0.25) is 0 Å². The van der Waals surface area contributed by atoms with E-state index < -0.39 is 0 Å². The number of allylic oxidation sites excluding steroid dienone is 1. The average Bonchev–Trinajstić information content (AvgIpc) is 2.62. The van der Waals surface area contributed by atoms with Crippen molar-refractivity contribution < 1.29 is 0 Å². The molecule has 0 aliphatic heterocycles. The van der Waals surface area contributed by atoms with E-state index in [2.05, 4.69) is 43.8 Å². The Labute approximate surface area is 137 Å². The van der Waals surface area contributed by atoms with Crippen LogP contribution in [0, 0.1) is 17.8 Å². The molecule has 0 saturated heterocycles. The Morgan fingerprint density at radius 2 is 1.41 bits per heavy atom. The van der Waals surface area contributed by atoms with E-state index in [1.165, 1.54) is 56.9 Å². The van der Waals surface area contributed by atoms with Crippen LogP contribution in [0.5, 0.6) is 0 Å². The Hall–Kier alpha value is -1.04. The second kappa shape index (κ2) is 7.49. The van der Waals surface area contributed by atoms with Crippen LogP contribution in [0.1, 0.15) is 75.3 Å². The van der Waals surface area contributed by atoms with E-state index in [1.807, 2.05) is 0 Å². The maximum absolute atomic E-state index is 3.98. The molecule has 0 heterocycles. The Morgan fingerprint density at radius 3 is 1.91 bits per heavy atom. The summed E-state index contributed by atoms with van der Waals surface area (Å²) in [6.07, 6.45) is 14.8. The molecule has 1 aromatic carbocycles. The van der Waals surface area contributed by atoms with Crippen molar-refractivity contribution >= 4 is 0 Å². The maximum atomic E-state index is 3.98. The fraction of sp³-hybridized carbons (Fsp3) is 0.636. The third-order valence-corrected chi connectivity index (χ3v) is 6.45. The molecule has 0 amide bonds. The molecule has 0 unspecified atom stereocenters. The number of benzene rings is 1. The molecule has 2 fully saturated rings. The monoisotopic (exact) mass is 296 g/mol. The average molecular weight is 296 g/mol. The molecule has 120 valence electrons. The van der Waals surface area contributed by atoms with Gasteiger partial charge in [0.25, 0.3) is 0 Å². The van der Waals surface area contributed by atoms with E-state index in [-0.39, 0.29) is 0 Å². The van der Waals surface area contributed by atoms with Crippen molar-refractivity contribution in [3.05, 3.63) is 48.0 Å². The van der Waals surface area contributed by atoms with Gasteiger partial charge >= 0.3 is 0 Å². The first-order valence-corrected chi connectivity index (χ1v) is 9.51. The number of aryl methyl sites for hydroxylation is 1. The van der Waals surface area contributed by atoms with Crippen LogP contribution in [0.4, 0.5) is 0 Å². The lowest BCUT2D eigenvalue weighted by atomic mass is 9.68. The Balaban J connectivity index is 1.50. The predicted molar refractivity (Wildman–Crippen MR) is 96.2 cm³/mol. The molecule has 0 heteroatoms. The number of rotatable bonds is 4. The van der Waals surface area contributed by atoms with Crippen LogP contribution in [-0.4, -0.2) is 0 Å². The van der Waals surface area contributed by atoms with Crippen molar-refractivity contribution in [2.24, 2.45) is 17.8 Å². The highest BCUT2D eigenvalue weighted by Crippen LogP contribution is 2.43. The molecule has 0 atom stereocenters. The molecule has 1 aromatic rings. The summed E-state index contributed by atoms with van der Waals surface area (Å²) in [6.45, 7) is 6.22. The molecule has 0 nitrogen and oxygen atoms in total. The highest BCUT2D eigenvalue weighted by atomic mass is 14.4. The van der Waals surface area contributed by atoms with Gasteiger partial charge < -0.3 is 0 Å². The SMILES string of the molecule is C=CC1CCC(C2CCC(c3ccc(CC)cc3)CC2)CC1. The highest BCUT2D eigenvalue weighted by molar-refractivity contribution is 5.25. The first kappa shape index (κ1) is 15.8. The smallest absolute Gasteiger partial charge is 0.0162 e. The maximum Gasteiger partial charge on any atom is -0.0162 e.